The first kappa shape index (κ1) is 99.1. The van der Waals surface area contributed by atoms with E-state index in [1.54, 1.807) is 35.2 Å². The second-order valence-electron chi connectivity index (χ2n) is 34.7. The molecular weight excluding hydrogens is 1840 g/mol. The number of amides is 6. The number of benzene rings is 5. The van der Waals surface area contributed by atoms with Crippen LogP contribution in [-0.2, 0) is 70.1 Å². The summed E-state index contributed by atoms with van der Waals surface area (Å²) < 4.78 is 134. The number of nitrogens with one attached hydrogen (secondary N) is 2. The number of phenolic OH excluding ortho intramolecular Hbond substituents is 1. The molecule has 6 amide bonds. The van der Waals surface area contributed by atoms with E-state index in [0.29, 0.717) is 130 Å². The van der Waals surface area contributed by atoms with E-state index in [2.05, 4.69) is 142 Å². The molecule has 10 aliphatic rings. The smallest absolute Gasteiger partial charge is 0.453 e. The van der Waals surface area contributed by atoms with Crippen molar-refractivity contribution in [3.63, 3.8) is 0 Å². The maximum absolute atomic E-state index is 13.3. The summed E-state index contributed by atoms with van der Waals surface area (Å²) in [7, 11) is 0. The van der Waals surface area contributed by atoms with E-state index in [1.165, 1.54) is 40.9 Å². The Morgan fingerprint density at radius 3 is 1.18 bits per heavy atom. The van der Waals surface area contributed by atoms with Crippen LogP contribution >= 0.6 is 15.9 Å². The predicted molar refractivity (Wildman–Crippen MR) is 489 cm³/mol. The van der Waals surface area contributed by atoms with Crippen LogP contribution in [0.4, 0.5) is 39.5 Å². The van der Waals surface area contributed by atoms with E-state index >= 15 is 0 Å². The fourth-order valence-electron chi connectivity index (χ4n) is 18.2. The van der Waals surface area contributed by atoms with Crippen LogP contribution in [-0.4, -0.2) is 192 Å². The second kappa shape index (κ2) is 45.6. The monoisotopic (exact) mass is 1940 g/mol. The molecule has 0 spiro atoms. The highest BCUT2D eigenvalue weighted by Gasteiger charge is 2.46. The van der Waals surface area contributed by atoms with Crippen LogP contribution in [0.1, 0.15) is 274 Å². The fourth-order valence-corrected chi connectivity index (χ4v) is 18.7. The summed E-state index contributed by atoms with van der Waals surface area (Å²) in [6.45, 7) is 8.63. The van der Waals surface area contributed by atoms with Crippen LogP contribution in [0, 0.1) is 36.5 Å². The molecule has 18 rings (SSSR count). The lowest BCUT2D eigenvalue weighted by molar-refractivity contribution is -0.148. The first-order chi connectivity index (χ1) is 65.5. The molecule has 136 heavy (non-hydrogen) atoms. The highest BCUT2D eigenvalue weighted by atomic mass is 79.9. The summed E-state index contributed by atoms with van der Waals surface area (Å²) >= 11 is 3.42. The number of piperidine rings is 5. The van der Waals surface area contributed by atoms with Crippen molar-refractivity contribution in [3.05, 3.63) is 193 Å². The number of fused-ring (bicyclic) bond motifs is 5. The molecule has 8 aromatic rings. The number of alkyl halides is 9. The lowest BCUT2D eigenvalue weighted by Crippen LogP contribution is -2.52. The number of rotatable bonds is 20. The summed E-state index contributed by atoms with van der Waals surface area (Å²) in [6.07, 6.45) is 18.2. The zero-order valence-electron chi connectivity index (χ0n) is 75.4. The van der Waals surface area contributed by atoms with Crippen LogP contribution < -0.4 is 20.1 Å². The van der Waals surface area contributed by atoms with Gasteiger partial charge in [0.25, 0.3) is 29.3 Å². The molecule has 2 atom stereocenters. The molecule has 5 fully saturated rings. The molecule has 5 aromatic carbocycles. The van der Waals surface area contributed by atoms with Crippen molar-refractivity contribution in [2.24, 2.45) is 15.3 Å². The maximum atomic E-state index is 13.3. The average molecular weight is 1950 g/mol. The number of unbranched alkanes of at least 4 members (excludes halogenated alkanes) is 9. The Bertz CT molecular complexity index is 5820. The van der Waals surface area contributed by atoms with Crippen LogP contribution in [0.3, 0.4) is 0 Å². The van der Waals surface area contributed by atoms with Gasteiger partial charge in [0.15, 0.2) is 17.5 Å². The van der Waals surface area contributed by atoms with E-state index in [4.69, 9.17) is 22.3 Å². The number of carbonyl (C=O) groups excluding carboxylic acids is 6. The zero-order chi connectivity index (χ0) is 96.2. The number of ether oxygens (including phenoxy) is 2. The van der Waals surface area contributed by atoms with E-state index in [-0.39, 0.29) is 65.6 Å². The Labute approximate surface area is 790 Å². The standard InChI is InChI=1S/C37H38F3N7O4.C24H28F3N5O.C17H18F3N5O.C13H11BrN2O3.C7H12/c38-37(39,40)36-43-42-31-15-16-32(44-47(31)36)45-20-18-25(19-21-45)24-10-12-27(13-11-24)51-22-5-3-1-2-4-7-26-8-6-9-28-29(26)23-46(35(28)50)30-14-17-33(48)41-34(30)49;1-2-3-4-5-6-17-33-20-9-7-18(8-10-20)19-13-15-31(16-14-19)22-12-11-21-28-29-23(24(25,26)27)32(21)30-22;18-17(19,20)16-22-21-14-5-6-15(23-25(14)16)24-9-7-12(8-10-24)11-1-3-13(26)4-2-11;14-9-3-1-2-7-8(9)6-16(13(7)19)10-4-5-11(17)15-12(10)18;1-3-5-7-6-4-2/h6,8-13,25,30H,1-3,5,14-23H2,(H,41,48,49);1,7-10,19H,3-6,11-17H2;1-4,12,26H,5-10H2;1-3,10H,4-6H2,(H,15,17,18);1H,4-7H2,2H3. The normalized spacial score (nSPS) is 18.4. The van der Waals surface area contributed by atoms with Crippen LogP contribution in [0.2, 0.25) is 0 Å². The Kier molecular flexibility index (Phi) is 33.2. The first-order valence-electron chi connectivity index (χ1n) is 46.3. The third kappa shape index (κ3) is 25.0. The van der Waals surface area contributed by atoms with Crippen LogP contribution in [0.5, 0.6) is 17.2 Å². The number of nitrogens with zero attached hydrogens (tertiary/aromatic N) is 17. The first-order valence-corrected chi connectivity index (χ1v) is 47.1. The number of aromatic nitrogens is 9. The molecule has 2 unspecified atom stereocenters. The number of aromatic hydroxyl groups is 1. The third-order valence-electron chi connectivity index (χ3n) is 25.6. The molecule has 3 N–H and O–H groups in total. The molecule has 718 valence electrons. The van der Waals surface area contributed by atoms with Crippen molar-refractivity contribution in [2.75, 3.05) is 52.5 Å². The number of terminal acetylenes is 2. The quantitative estimate of drug-likeness (QED) is 0.0276. The summed E-state index contributed by atoms with van der Waals surface area (Å²) in [6, 6.07) is 33.4. The van der Waals surface area contributed by atoms with Gasteiger partial charge in [0.1, 0.15) is 46.8 Å². The Morgan fingerprint density at radius 1 is 0.434 bits per heavy atom. The molecule has 10 aliphatic heterocycles. The number of hydrogen-bond donors (Lipinski definition) is 3. The van der Waals surface area contributed by atoms with Gasteiger partial charge in [-0.25, -0.2) is 0 Å². The number of carbonyl (C=O) groups is 6. The Balaban J connectivity index is 0.000000150. The highest BCUT2D eigenvalue weighted by molar-refractivity contribution is 9.10. The number of halogens is 10. The highest BCUT2D eigenvalue weighted by Crippen LogP contribution is 2.40. The summed E-state index contributed by atoms with van der Waals surface area (Å²) in [4.78, 5) is 81.5. The van der Waals surface area contributed by atoms with Crippen molar-refractivity contribution in [1.29, 1.82) is 0 Å². The minimum absolute atomic E-state index is 0.147. The number of amidine groups is 3. The van der Waals surface area contributed by atoms with Gasteiger partial charge >= 0.3 is 18.5 Å². The molecule has 38 heteroatoms. The van der Waals surface area contributed by atoms with E-state index in [1.807, 2.05) is 54.6 Å². The minimum Gasteiger partial charge on any atom is -0.508 e. The lowest BCUT2D eigenvalue weighted by Gasteiger charge is -2.35. The van der Waals surface area contributed by atoms with E-state index in [9.17, 15) is 73.4 Å². The van der Waals surface area contributed by atoms with Crippen LogP contribution in [0.25, 0.3) is 0 Å². The molecule has 0 saturated carbocycles. The van der Waals surface area contributed by atoms with Crippen molar-refractivity contribution < 1.29 is 82.9 Å². The fraction of sp³-hybridized carbons (Fsp3) is 0.480. The molecule has 3 aromatic heterocycles. The van der Waals surface area contributed by atoms with Gasteiger partial charge in [0.05, 0.1) is 13.2 Å². The van der Waals surface area contributed by atoms with Gasteiger partial charge in [-0.1, -0.05) is 96.1 Å². The number of phenols is 1. The predicted octanol–water partition coefficient (Wildman–Crippen LogP) is 16.3. The van der Waals surface area contributed by atoms with Gasteiger partial charge in [0, 0.05) is 144 Å². The van der Waals surface area contributed by atoms with Gasteiger partial charge in [-0.15, -0.1) is 55.3 Å². The van der Waals surface area contributed by atoms with Gasteiger partial charge in [-0.05, 0) is 203 Å². The second-order valence-corrected chi connectivity index (χ2v) is 35.5. The van der Waals surface area contributed by atoms with Crippen LogP contribution in [0.15, 0.2) is 129 Å². The minimum atomic E-state index is -4.60. The van der Waals surface area contributed by atoms with Gasteiger partial charge in [-0.3, -0.25) is 39.4 Å². The average Bonchev–Trinajstić information content (AvgIpc) is 1.64. The molecular formula is C98H107BrF9N19O9. The van der Waals surface area contributed by atoms with Gasteiger partial charge in [0.2, 0.25) is 23.6 Å². The molecule has 0 aliphatic carbocycles. The number of imide groups is 2. The molecule has 28 nitrogen and oxygen atoms in total. The zero-order valence-corrected chi connectivity index (χ0v) is 77.0. The molecule has 13 heterocycles. The van der Waals surface area contributed by atoms with Crippen molar-refractivity contribution in [3.8, 4) is 53.8 Å². The topological polar surface area (TPSA) is 311 Å². The van der Waals surface area contributed by atoms with Gasteiger partial charge < -0.3 is 39.1 Å². The summed E-state index contributed by atoms with van der Waals surface area (Å²) in [5, 5.41) is 47.5. The third-order valence-corrected chi connectivity index (χ3v) is 26.3. The number of hydrogen-bond acceptors (Lipinski definition) is 21. The number of aryl methyl sites for hydroxylation is 3. The molecule has 5 saturated heterocycles. The van der Waals surface area contributed by atoms with E-state index in [0.717, 1.165) is 176 Å². The Morgan fingerprint density at radius 2 is 0.801 bits per heavy atom. The maximum Gasteiger partial charge on any atom is 0.453 e. The number of likely N-dealkylation sites (tertiary alicyclic amines) is 3. The largest absolute Gasteiger partial charge is 0.508 e. The SMILES string of the molecule is C#CCCCCC.C#CCCCCCOc1ccc(C2CCN(C3=Nn4c(nnc4C(F)(F)F)CC3)CC2)cc1.O=C1CCC(N2Cc3c(Br)cccc3C2=O)C(=O)N1.O=C1CCC(N2Cc3c(C#CCCCCCOc4ccc(C5CCN(C6=Nn7c(nnc7C(F)(F)F)CC6)CC5)cc4)cccc3C2=O)C(=O)N1.Oc1ccc(C2CCN(C3=Nn4c(nnc4C(F)(F)F)CC3)CC2)cc1. The Hall–Kier alpha value is -12.9. The molecule has 0 radical (unpaired) electrons. The summed E-state index contributed by atoms with van der Waals surface area (Å²) in [5.74, 6) is 12.6. The van der Waals surface area contributed by atoms with Crippen molar-refractivity contribution >= 4 is 68.9 Å². The summed E-state index contributed by atoms with van der Waals surface area (Å²) in [5.41, 5.74) is 7.38. The van der Waals surface area contributed by atoms with Gasteiger partial charge in [-0.2, -0.15) is 68.8 Å². The molecule has 0 bridgehead atoms. The van der Waals surface area contributed by atoms with Crippen molar-refractivity contribution in [1.82, 2.24) is 79.8 Å². The van der Waals surface area contributed by atoms with E-state index < -0.39 is 54.0 Å². The lowest BCUT2D eigenvalue weighted by atomic mass is 9.89. The van der Waals surface area contributed by atoms with Crippen molar-refractivity contribution in [2.45, 2.75) is 248 Å².